The van der Waals surface area contributed by atoms with Crippen LogP contribution in [0.4, 0.5) is 4.39 Å². The number of ether oxygens (including phenoxy) is 1. The van der Waals surface area contributed by atoms with Crippen molar-refractivity contribution in [2.45, 2.75) is 26.4 Å². The van der Waals surface area contributed by atoms with Crippen LogP contribution in [0.1, 0.15) is 20.3 Å². The van der Waals surface area contributed by atoms with Crippen molar-refractivity contribution in [2.75, 3.05) is 13.3 Å². The van der Waals surface area contributed by atoms with E-state index >= 15 is 0 Å². The number of carbonyl (C=O) groups is 1. The minimum absolute atomic E-state index is 0.145. The highest BCUT2D eigenvalue weighted by Gasteiger charge is 2.07. The Hall–Kier alpha value is -0.440. The second-order valence-electron chi connectivity index (χ2n) is 2.14. The standard InChI is InChI=1S/C7H13FO2/c1-3-10-6(2)4-7(9)5-8/h6H,3-5H2,1-2H3. The van der Waals surface area contributed by atoms with E-state index < -0.39 is 6.67 Å². The molecule has 0 saturated carbocycles. The molecule has 3 heteroatoms. The molecule has 0 heterocycles. The molecule has 0 aliphatic carbocycles. The van der Waals surface area contributed by atoms with E-state index in [-0.39, 0.29) is 18.3 Å². The van der Waals surface area contributed by atoms with Crippen LogP contribution < -0.4 is 0 Å². The van der Waals surface area contributed by atoms with Gasteiger partial charge < -0.3 is 4.74 Å². The Morgan fingerprint density at radius 2 is 2.30 bits per heavy atom. The molecule has 0 aliphatic heterocycles. The first-order valence-electron chi connectivity index (χ1n) is 3.40. The van der Waals surface area contributed by atoms with Gasteiger partial charge in [-0.25, -0.2) is 4.39 Å². The van der Waals surface area contributed by atoms with E-state index in [1.165, 1.54) is 0 Å². The van der Waals surface area contributed by atoms with Gasteiger partial charge >= 0.3 is 0 Å². The molecule has 0 fully saturated rings. The average Bonchev–Trinajstić information content (AvgIpc) is 1.88. The van der Waals surface area contributed by atoms with Crippen LogP contribution in [0.5, 0.6) is 0 Å². The van der Waals surface area contributed by atoms with Crippen molar-refractivity contribution in [3.63, 3.8) is 0 Å². The zero-order chi connectivity index (χ0) is 7.98. The van der Waals surface area contributed by atoms with Crippen molar-refractivity contribution >= 4 is 5.78 Å². The monoisotopic (exact) mass is 148 g/mol. The summed E-state index contributed by atoms with van der Waals surface area (Å²) in [6, 6.07) is 0. The molecule has 2 nitrogen and oxygen atoms in total. The van der Waals surface area contributed by atoms with Crippen LogP contribution in [0, 0.1) is 0 Å². The maximum absolute atomic E-state index is 11.6. The van der Waals surface area contributed by atoms with Crippen LogP contribution in [0.15, 0.2) is 0 Å². The van der Waals surface area contributed by atoms with Crippen LogP contribution in [-0.2, 0) is 9.53 Å². The Bertz CT molecular complexity index is 104. The van der Waals surface area contributed by atoms with Gasteiger partial charge in [0.2, 0.25) is 0 Å². The van der Waals surface area contributed by atoms with Crippen molar-refractivity contribution < 1.29 is 13.9 Å². The SMILES string of the molecule is CCOC(C)CC(=O)CF. The molecule has 0 N–H and O–H groups in total. The molecule has 0 aromatic rings. The van der Waals surface area contributed by atoms with Gasteiger partial charge in [0.15, 0.2) is 5.78 Å². The highest BCUT2D eigenvalue weighted by atomic mass is 19.1. The molecule has 1 atom stereocenters. The Labute approximate surface area is 60.4 Å². The molecular weight excluding hydrogens is 135 g/mol. The van der Waals surface area contributed by atoms with Crippen LogP contribution in [0.3, 0.4) is 0 Å². The summed E-state index contributed by atoms with van der Waals surface area (Å²) in [7, 11) is 0. The molecule has 0 radical (unpaired) electrons. The molecule has 60 valence electrons. The molecule has 0 spiro atoms. The lowest BCUT2D eigenvalue weighted by atomic mass is 10.2. The molecule has 1 unspecified atom stereocenters. The average molecular weight is 148 g/mol. The molecule has 10 heavy (non-hydrogen) atoms. The van der Waals surface area contributed by atoms with Gasteiger partial charge in [-0.05, 0) is 13.8 Å². The van der Waals surface area contributed by atoms with Gasteiger partial charge in [-0.2, -0.15) is 0 Å². The summed E-state index contributed by atoms with van der Waals surface area (Å²) >= 11 is 0. The quantitative estimate of drug-likeness (QED) is 0.588. The van der Waals surface area contributed by atoms with E-state index in [1.807, 2.05) is 6.92 Å². The number of hydrogen-bond acceptors (Lipinski definition) is 2. The van der Waals surface area contributed by atoms with Gasteiger partial charge in [-0.3, -0.25) is 4.79 Å². The number of hydrogen-bond donors (Lipinski definition) is 0. The fraction of sp³-hybridized carbons (Fsp3) is 0.857. The van der Waals surface area contributed by atoms with Crippen molar-refractivity contribution in [1.29, 1.82) is 0 Å². The molecule has 0 saturated heterocycles. The van der Waals surface area contributed by atoms with Crippen LogP contribution >= 0.6 is 0 Å². The van der Waals surface area contributed by atoms with E-state index in [0.717, 1.165) is 0 Å². The summed E-state index contributed by atoms with van der Waals surface area (Å²) in [5.74, 6) is -0.388. The van der Waals surface area contributed by atoms with E-state index in [2.05, 4.69) is 0 Å². The maximum Gasteiger partial charge on any atom is 0.166 e. The normalized spacial score (nSPS) is 13.1. The van der Waals surface area contributed by atoms with Crippen molar-refractivity contribution in [3.8, 4) is 0 Å². The molecular formula is C7H13FO2. The van der Waals surface area contributed by atoms with Gasteiger partial charge in [0, 0.05) is 13.0 Å². The van der Waals surface area contributed by atoms with E-state index in [0.29, 0.717) is 6.61 Å². The predicted octanol–water partition coefficient (Wildman–Crippen LogP) is 1.34. The maximum atomic E-state index is 11.6. The summed E-state index contributed by atoms with van der Waals surface area (Å²) < 4.78 is 16.6. The highest BCUT2D eigenvalue weighted by molar-refractivity contribution is 5.79. The van der Waals surface area contributed by atoms with Crippen molar-refractivity contribution in [2.24, 2.45) is 0 Å². The van der Waals surface area contributed by atoms with Gasteiger partial charge in [0.1, 0.15) is 6.67 Å². The van der Waals surface area contributed by atoms with E-state index in [9.17, 15) is 9.18 Å². The van der Waals surface area contributed by atoms with Gasteiger partial charge in [-0.1, -0.05) is 0 Å². The Morgan fingerprint density at radius 1 is 1.70 bits per heavy atom. The number of halogens is 1. The molecule has 0 aliphatic rings. The number of alkyl halides is 1. The van der Waals surface area contributed by atoms with Crippen molar-refractivity contribution in [1.82, 2.24) is 0 Å². The van der Waals surface area contributed by atoms with Crippen LogP contribution in [-0.4, -0.2) is 25.2 Å². The third-order valence-electron chi connectivity index (χ3n) is 1.12. The second kappa shape index (κ2) is 5.35. The minimum atomic E-state index is -0.878. The Morgan fingerprint density at radius 3 is 2.70 bits per heavy atom. The topological polar surface area (TPSA) is 26.3 Å². The molecule has 0 amide bonds. The Balaban J connectivity index is 3.37. The smallest absolute Gasteiger partial charge is 0.166 e. The largest absolute Gasteiger partial charge is 0.378 e. The molecule has 0 aromatic carbocycles. The van der Waals surface area contributed by atoms with Crippen LogP contribution in [0.25, 0.3) is 0 Å². The highest BCUT2D eigenvalue weighted by Crippen LogP contribution is 1.97. The van der Waals surface area contributed by atoms with E-state index in [1.54, 1.807) is 6.92 Å². The van der Waals surface area contributed by atoms with Crippen LogP contribution in [0.2, 0.25) is 0 Å². The zero-order valence-corrected chi connectivity index (χ0v) is 6.39. The molecule has 0 aromatic heterocycles. The minimum Gasteiger partial charge on any atom is -0.378 e. The first kappa shape index (κ1) is 9.56. The predicted molar refractivity (Wildman–Crippen MR) is 36.7 cm³/mol. The number of ketones is 1. The lowest BCUT2D eigenvalue weighted by Crippen LogP contribution is -2.14. The lowest BCUT2D eigenvalue weighted by molar-refractivity contribution is -0.122. The fourth-order valence-corrected chi connectivity index (χ4v) is 0.719. The third-order valence-corrected chi connectivity index (χ3v) is 1.12. The summed E-state index contributed by atoms with van der Waals surface area (Å²) in [6.45, 7) is 3.30. The van der Waals surface area contributed by atoms with Gasteiger partial charge in [-0.15, -0.1) is 0 Å². The summed E-state index contributed by atoms with van der Waals surface area (Å²) in [5, 5.41) is 0. The van der Waals surface area contributed by atoms with Gasteiger partial charge in [0.25, 0.3) is 0 Å². The Kier molecular flexibility index (Phi) is 5.12. The van der Waals surface area contributed by atoms with Gasteiger partial charge in [0.05, 0.1) is 6.10 Å². The summed E-state index contributed by atoms with van der Waals surface area (Å²) in [4.78, 5) is 10.4. The van der Waals surface area contributed by atoms with Crippen molar-refractivity contribution in [3.05, 3.63) is 0 Å². The fourth-order valence-electron chi connectivity index (χ4n) is 0.719. The number of carbonyl (C=O) groups excluding carboxylic acids is 1. The summed E-state index contributed by atoms with van der Waals surface area (Å²) in [5.41, 5.74) is 0. The number of rotatable bonds is 5. The zero-order valence-electron chi connectivity index (χ0n) is 6.39. The molecule has 0 rings (SSSR count). The third kappa shape index (κ3) is 4.44. The lowest BCUT2D eigenvalue weighted by Gasteiger charge is -2.08. The first-order chi connectivity index (χ1) is 4.70. The van der Waals surface area contributed by atoms with E-state index in [4.69, 9.17) is 4.74 Å². The molecule has 0 bridgehead atoms. The second-order valence-corrected chi connectivity index (χ2v) is 2.14. The first-order valence-corrected chi connectivity index (χ1v) is 3.40. The summed E-state index contributed by atoms with van der Waals surface area (Å²) in [6.07, 6.45) is 0.0397. The number of Topliss-reactive ketones (excluding diaryl/α,β-unsaturated/α-hetero) is 1.